The predicted octanol–water partition coefficient (Wildman–Crippen LogP) is 2.55. The van der Waals surface area contributed by atoms with Crippen molar-refractivity contribution in [2.24, 2.45) is 4.99 Å². The van der Waals surface area contributed by atoms with E-state index in [-0.39, 0.29) is 17.5 Å². The van der Waals surface area contributed by atoms with Gasteiger partial charge in [-0.2, -0.15) is 5.10 Å². The van der Waals surface area contributed by atoms with Gasteiger partial charge in [-0.25, -0.2) is 4.68 Å². The molecule has 0 fully saturated rings. The number of rotatable bonds is 6. The van der Waals surface area contributed by atoms with Gasteiger partial charge in [-0.05, 0) is 44.9 Å². The Bertz CT molecular complexity index is 904. The first-order valence-corrected chi connectivity index (χ1v) is 10.0. The fourth-order valence-corrected chi connectivity index (χ4v) is 3.80. The van der Waals surface area contributed by atoms with Crippen molar-refractivity contribution in [2.45, 2.75) is 38.3 Å². The highest BCUT2D eigenvalue weighted by atomic mass is 16.1. The van der Waals surface area contributed by atoms with Crippen molar-refractivity contribution in [1.29, 1.82) is 0 Å². The number of nitrogens with one attached hydrogen (secondary N) is 2. The summed E-state index contributed by atoms with van der Waals surface area (Å²) in [6.45, 7) is 6.42. The standard InChI is InChI=1S/C21H27N7O/c1-21(2)13-18(17-7-3-4-9-23-17)26-19-16(14-25-28(19)21)20(29)24-10-6-12-27-11-5-8-22-15-27/h3-5,7,9,11,14-15,18,26H,6,8,10,12-13H2,1-2H3,(H,24,29). The molecule has 2 aromatic rings. The second kappa shape index (κ2) is 8.06. The van der Waals surface area contributed by atoms with Crippen LogP contribution in [0.3, 0.4) is 0 Å². The lowest BCUT2D eigenvalue weighted by molar-refractivity contribution is 0.0953. The van der Waals surface area contributed by atoms with E-state index < -0.39 is 0 Å². The lowest BCUT2D eigenvalue weighted by atomic mass is 9.91. The summed E-state index contributed by atoms with van der Waals surface area (Å²) in [5, 5.41) is 11.0. The quantitative estimate of drug-likeness (QED) is 0.737. The van der Waals surface area contributed by atoms with Gasteiger partial charge in [0.15, 0.2) is 0 Å². The summed E-state index contributed by atoms with van der Waals surface area (Å²) in [6.07, 6.45) is 11.0. The van der Waals surface area contributed by atoms with Crippen LogP contribution in [0.25, 0.3) is 0 Å². The van der Waals surface area contributed by atoms with Crippen LogP contribution in [0.2, 0.25) is 0 Å². The van der Waals surface area contributed by atoms with Crippen LogP contribution < -0.4 is 10.6 Å². The fraction of sp³-hybridized carbons (Fsp3) is 0.429. The first-order chi connectivity index (χ1) is 14.0. The van der Waals surface area contributed by atoms with Crippen LogP contribution in [-0.2, 0) is 5.54 Å². The minimum atomic E-state index is -0.221. The Morgan fingerprint density at radius 2 is 2.28 bits per heavy atom. The topological polar surface area (TPSA) is 87.4 Å². The summed E-state index contributed by atoms with van der Waals surface area (Å²) in [5.41, 5.74) is 1.31. The van der Waals surface area contributed by atoms with Gasteiger partial charge in [0, 0.05) is 25.5 Å². The molecule has 1 unspecified atom stereocenters. The molecule has 0 aliphatic carbocycles. The molecule has 0 spiro atoms. The van der Waals surface area contributed by atoms with Gasteiger partial charge >= 0.3 is 0 Å². The van der Waals surface area contributed by atoms with Crippen LogP contribution in [0.4, 0.5) is 5.82 Å². The van der Waals surface area contributed by atoms with E-state index in [0.29, 0.717) is 12.1 Å². The number of aliphatic imine (C=N–C) groups is 1. The van der Waals surface area contributed by atoms with E-state index in [1.165, 1.54) is 0 Å². The highest BCUT2D eigenvalue weighted by Crippen LogP contribution is 2.39. The Balaban J connectivity index is 1.42. The van der Waals surface area contributed by atoms with Gasteiger partial charge in [0.05, 0.1) is 36.4 Å². The summed E-state index contributed by atoms with van der Waals surface area (Å²) in [4.78, 5) is 23.5. The van der Waals surface area contributed by atoms with Gasteiger partial charge in [0.2, 0.25) is 0 Å². The number of anilines is 1. The first kappa shape index (κ1) is 19.2. The van der Waals surface area contributed by atoms with Crippen molar-refractivity contribution in [2.75, 3.05) is 25.0 Å². The minimum Gasteiger partial charge on any atom is -0.361 e. The van der Waals surface area contributed by atoms with Gasteiger partial charge in [-0.3, -0.25) is 14.8 Å². The van der Waals surface area contributed by atoms with Gasteiger partial charge in [0.25, 0.3) is 5.91 Å². The zero-order valence-electron chi connectivity index (χ0n) is 16.9. The number of carbonyl (C=O) groups is 1. The van der Waals surface area contributed by atoms with E-state index in [1.807, 2.05) is 46.4 Å². The van der Waals surface area contributed by atoms with Crippen molar-refractivity contribution < 1.29 is 4.79 Å². The maximum Gasteiger partial charge on any atom is 0.256 e. The molecule has 2 aliphatic heterocycles. The number of amides is 1. The molecule has 0 bridgehead atoms. The normalized spacial score (nSPS) is 19.5. The van der Waals surface area contributed by atoms with E-state index in [0.717, 1.165) is 37.4 Å². The molecule has 4 rings (SSSR count). The van der Waals surface area contributed by atoms with E-state index >= 15 is 0 Å². The number of nitrogens with zero attached hydrogens (tertiary/aromatic N) is 5. The number of hydrogen-bond donors (Lipinski definition) is 2. The number of aromatic nitrogens is 3. The maximum atomic E-state index is 12.8. The smallest absolute Gasteiger partial charge is 0.256 e. The van der Waals surface area contributed by atoms with E-state index in [1.54, 1.807) is 12.4 Å². The minimum absolute atomic E-state index is 0.0344. The molecule has 1 amide bonds. The Kier molecular flexibility index (Phi) is 5.33. The second-order valence-corrected chi connectivity index (χ2v) is 8.00. The fourth-order valence-electron chi connectivity index (χ4n) is 3.80. The molecule has 1 atom stereocenters. The van der Waals surface area contributed by atoms with Crippen LogP contribution in [0.1, 0.15) is 48.8 Å². The van der Waals surface area contributed by atoms with Gasteiger partial charge in [-0.15, -0.1) is 0 Å². The molecule has 0 aromatic carbocycles. The van der Waals surface area contributed by atoms with Crippen LogP contribution in [0, 0.1) is 0 Å². The lowest BCUT2D eigenvalue weighted by Gasteiger charge is -2.37. The summed E-state index contributed by atoms with van der Waals surface area (Å²) in [5.74, 6) is 0.638. The molecule has 8 heteroatoms. The zero-order chi connectivity index (χ0) is 20.3. The number of fused-ring (bicyclic) bond motifs is 1. The molecule has 2 aromatic heterocycles. The average molecular weight is 393 g/mol. The first-order valence-electron chi connectivity index (χ1n) is 10.0. The van der Waals surface area contributed by atoms with Crippen molar-refractivity contribution in [3.8, 4) is 0 Å². The van der Waals surface area contributed by atoms with E-state index in [2.05, 4.69) is 39.6 Å². The van der Waals surface area contributed by atoms with Crippen molar-refractivity contribution in [1.82, 2.24) is 25.0 Å². The number of pyridine rings is 1. The van der Waals surface area contributed by atoms with Crippen LogP contribution in [-0.4, -0.2) is 51.5 Å². The molecule has 0 radical (unpaired) electrons. The molecule has 0 saturated heterocycles. The highest BCUT2D eigenvalue weighted by Gasteiger charge is 2.37. The zero-order valence-corrected chi connectivity index (χ0v) is 16.9. The van der Waals surface area contributed by atoms with Crippen molar-refractivity contribution >= 4 is 18.1 Å². The van der Waals surface area contributed by atoms with Gasteiger partial charge in [0.1, 0.15) is 11.4 Å². The molecule has 2 aliphatic rings. The SMILES string of the molecule is CC1(C)CC(c2ccccn2)Nc2c(C(=O)NCCCN3C=CCN=C3)cnn21. The lowest BCUT2D eigenvalue weighted by Crippen LogP contribution is -2.39. The number of hydrogen-bond acceptors (Lipinski definition) is 6. The third-order valence-corrected chi connectivity index (χ3v) is 5.26. The molecule has 4 heterocycles. The van der Waals surface area contributed by atoms with Gasteiger partial charge < -0.3 is 15.5 Å². The van der Waals surface area contributed by atoms with Crippen LogP contribution >= 0.6 is 0 Å². The van der Waals surface area contributed by atoms with E-state index in [4.69, 9.17) is 0 Å². The molecule has 0 saturated carbocycles. The average Bonchev–Trinajstić information content (AvgIpc) is 3.17. The highest BCUT2D eigenvalue weighted by molar-refractivity contribution is 5.98. The van der Waals surface area contributed by atoms with Crippen LogP contribution in [0.5, 0.6) is 0 Å². The molecule has 2 N–H and O–H groups in total. The van der Waals surface area contributed by atoms with E-state index in [9.17, 15) is 4.79 Å². The molecular formula is C21H27N7O. The third-order valence-electron chi connectivity index (χ3n) is 5.26. The van der Waals surface area contributed by atoms with Crippen molar-refractivity contribution in [3.63, 3.8) is 0 Å². The predicted molar refractivity (Wildman–Crippen MR) is 113 cm³/mol. The second-order valence-electron chi connectivity index (χ2n) is 8.00. The summed E-state index contributed by atoms with van der Waals surface area (Å²) >= 11 is 0. The summed E-state index contributed by atoms with van der Waals surface area (Å²) < 4.78 is 1.91. The van der Waals surface area contributed by atoms with Gasteiger partial charge in [-0.1, -0.05) is 6.07 Å². The number of carbonyl (C=O) groups excluding carboxylic acids is 1. The molecule has 8 nitrogen and oxygen atoms in total. The Hall–Kier alpha value is -3.16. The Morgan fingerprint density at radius 3 is 3.03 bits per heavy atom. The Morgan fingerprint density at radius 1 is 1.38 bits per heavy atom. The summed E-state index contributed by atoms with van der Waals surface area (Å²) in [6, 6.07) is 5.94. The maximum absolute atomic E-state index is 12.8. The van der Waals surface area contributed by atoms with Crippen molar-refractivity contribution in [3.05, 3.63) is 54.1 Å². The van der Waals surface area contributed by atoms with Crippen LogP contribution in [0.15, 0.2) is 47.9 Å². The Labute approximate surface area is 170 Å². The third kappa shape index (κ3) is 4.16. The molecular weight excluding hydrogens is 366 g/mol. The molecule has 29 heavy (non-hydrogen) atoms. The largest absolute Gasteiger partial charge is 0.361 e. The summed E-state index contributed by atoms with van der Waals surface area (Å²) in [7, 11) is 0. The monoisotopic (exact) mass is 393 g/mol. The molecule has 152 valence electrons.